The molecule has 28 heavy (non-hydrogen) atoms. The van der Waals surface area contributed by atoms with Gasteiger partial charge in [-0.15, -0.1) is 0 Å². The van der Waals surface area contributed by atoms with Crippen LogP contribution in [-0.2, 0) is 4.74 Å². The molecule has 1 N–H and O–H groups in total. The van der Waals surface area contributed by atoms with E-state index in [-0.39, 0.29) is 5.54 Å². The fraction of sp³-hybridized carbons (Fsp3) is 0.591. The van der Waals surface area contributed by atoms with Crippen molar-refractivity contribution in [2.24, 2.45) is 4.99 Å². The summed E-state index contributed by atoms with van der Waals surface area (Å²) in [6, 6.07) is 8.31. The Balaban J connectivity index is 1.62. The molecule has 1 aromatic rings. The van der Waals surface area contributed by atoms with Crippen molar-refractivity contribution in [1.29, 1.82) is 0 Å². The van der Waals surface area contributed by atoms with Gasteiger partial charge in [-0.1, -0.05) is 18.2 Å². The Labute approximate surface area is 169 Å². The minimum atomic E-state index is 0.131. The molecule has 1 fully saturated rings. The predicted molar refractivity (Wildman–Crippen MR) is 115 cm³/mol. The zero-order valence-electron chi connectivity index (χ0n) is 17.7. The Hall–Kier alpha value is -2.05. The summed E-state index contributed by atoms with van der Waals surface area (Å²) in [5, 5.41) is 3.63. The molecule has 0 bridgehead atoms. The van der Waals surface area contributed by atoms with E-state index in [9.17, 15) is 0 Å². The van der Waals surface area contributed by atoms with Crippen LogP contribution in [0.3, 0.4) is 0 Å². The molecule has 0 aliphatic carbocycles. The SMILES string of the molecule is CN=C(NCC1(N(C)C)CCOCC1)N1CC=C(c2cccc(OC)c2)CC1. The lowest BCUT2D eigenvalue weighted by Crippen LogP contribution is -2.57. The lowest BCUT2D eigenvalue weighted by molar-refractivity contribution is -0.00523. The molecule has 6 heteroatoms. The molecule has 0 spiro atoms. The summed E-state index contributed by atoms with van der Waals surface area (Å²) in [6.45, 7) is 4.37. The molecule has 1 saturated heterocycles. The Kier molecular flexibility index (Phi) is 6.97. The average Bonchev–Trinajstić information content (AvgIpc) is 2.75. The van der Waals surface area contributed by atoms with Gasteiger partial charge in [0.25, 0.3) is 0 Å². The van der Waals surface area contributed by atoms with E-state index in [1.807, 2.05) is 13.1 Å². The third kappa shape index (κ3) is 4.67. The van der Waals surface area contributed by atoms with Crippen molar-refractivity contribution in [1.82, 2.24) is 15.1 Å². The molecule has 2 aliphatic heterocycles. The molecule has 1 aromatic carbocycles. The summed E-state index contributed by atoms with van der Waals surface area (Å²) in [5.41, 5.74) is 2.75. The third-order valence-electron chi connectivity index (χ3n) is 6.11. The maximum atomic E-state index is 5.58. The molecule has 3 rings (SSSR count). The smallest absolute Gasteiger partial charge is 0.194 e. The fourth-order valence-corrected chi connectivity index (χ4v) is 4.06. The molecule has 0 radical (unpaired) electrons. The number of ether oxygens (including phenoxy) is 2. The molecule has 6 nitrogen and oxygen atoms in total. The van der Waals surface area contributed by atoms with Crippen molar-refractivity contribution in [3.63, 3.8) is 0 Å². The number of likely N-dealkylation sites (N-methyl/N-ethyl adjacent to an activating group) is 1. The highest BCUT2D eigenvalue weighted by atomic mass is 16.5. The highest BCUT2D eigenvalue weighted by molar-refractivity contribution is 5.81. The van der Waals surface area contributed by atoms with Crippen molar-refractivity contribution < 1.29 is 9.47 Å². The Morgan fingerprint density at radius 2 is 2.11 bits per heavy atom. The van der Waals surface area contributed by atoms with Crippen LogP contribution in [-0.4, -0.2) is 82.4 Å². The monoisotopic (exact) mass is 386 g/mol. The van der Waals surface area contributed by atoms with E-state index in [0.29, 0.717) is 0 Å². The van der Waals surface area contributed by atoms with Crippen LogP contribution in [0.1, 0.15) is 24.8 Å². The average molecular weight is 387 g/mol. The Bertz CT molecular complexity index is 708. The third-order valence-corrected chi connectivity index (χ3v) is 6.11. The molecular formula is C22H34N4O2. The number of nitrogens with one attached hydrogen (secondary N) is 1. The van der Waals surface area contributed by atoms with Crippen LogP contribution in [0, 0.1) is 0 Å². The number of rotatable bonds is 5. The van der Waals surface area contributed by atoms with Gasteiger partial charge >= 0.3 is 0 Å². The number of nitrogens with zero attached hydrogens (tertiary/aromatic N) is 3. The Morgan fingerprint density at radius 3 is 2.71 bits per heavy atom. The lowest BCUT2D eigenvalue weighted by Gasteiger charge is -2.43. The van der Waals surface area contributed by atoms with E-state index < -0.39 is 0 Å². The second-order valence-corrected chi connectivity index (χ2v) is 7.79. The fourth-order valence-electron chi connectivity index (χ4n) is 4.06. The summed E-state index contributed by atoms with van der Waals surface area (Å²) in [4.78, 5) is 9.21. The van der Waals surface area contributed by atoms with E-state index in [1.54, 1.807) is 7.11 Å². The number of methoxy groups -OCH3 is 1. The number of aliphatic imine (C=N–C) groups is 1. The van der Waals surface area contributed by atoms with Gasteiger partial charge in [0, 0.05) is 45.4 Å². The first-order valence-corrected chi connectivity index (χ1v) is 10.1. The van der Waals surface area contributed by atoms with Crippen molar-refractivity contribution >= 4 is 11.5 Å². The minimum Gasteiger partial charge on any atom is -0.497 e. The molecule has 2 heterocycles. The largest absolute Gasteiger partial charge is 0.497 e. The van der Waals surface area contributed by atoms with Crippen molar-refractivity contribution in [3.05, 3.63) is 35.9 Å². The minimum absolute atomic E-state index is 0.131. The predicted octanol–water partition coefficient (Wildman–Crippen LogP) is 2.47. The summed E-state index contributed by atoms with van der Waals surface area (Å²) in [6.07, 6.45) is 5.40. The first-order chi connectivity index (χ1) is 13.6. The van der Waals surface area contributed by atoms with Crippen LogP contribution in [0.25, 0.3) is 5.57 Å². The van der Waals surface area contributed by atoms with Crippen LogP contribution in [0.2, 0.25) is 0 Å². The van der Waals surface area contributed by atoms with Gasteiger partial charge in [-0.05, 0) is 56.6 Å². The van der Waals surface area contributed by atoms with Crippen molar-refractivity contribution in [2.45, 2.75) is 24.8 Å². The van der Waals surface area contributed by atoms with E-state index in [2.05, 4.69) is 58.5 Å². The lowest BCUT2D eigenvalue weighted by atomic mass is 9.88. The second-order valence-electron chi connectivity index (χ2n) is 7.79. The topological polar surface area (TPSA) is 49.3 Å². The van der Waals surface area contributed by atoms with E-state index in [1.165, 1.54) is 11.1 Å². The molecule has 0 unspecified atom stereocenters. The summed E-state index contributed by atoms with van der Waals surface area (Å²) in [7, 11) is 7.92. The summed E-state index contributed by atoms with van der Waals surface area (Å²) >= 11 is 0. The molecule has 0 amide bonds. The molecule has 0 aromatic heterocycles. The van der Waals surface area contributed by atoms with Gasteiger partial charge < -0.3 is 24.6 Å². The Morgan fingerprint density at radius 1 is 1.32 bits per heavy atom. The van der Waals surface area contributed by atoms with Crippen molar-refractivity contribution in [2.75, 3.05) is 61.1 Å². The maximum Gasteiger partial charge on any atom is 0.194 e. The van der Waals surface area contributed by atoms with Crippen LogP contribution >= 0.6 is 0 Å². The number of benzene rings is 1. The van der Waals surface area contributed by atoms with E-state index in [4.69, 9.17) is 9.47 Å². The van der Waals surface area contributed by atoms with Crippen molar-refractivity contribution in [3.8, 4) is 5.75 Å². The van der Waals surface area contributed by atoms with Gasteiger partial charge in [0.15, 0.2) is 5.96 Å². The van der Waals surface area contributed by atoms with Gasteiger partial charge in [0.1, 0.15) is 5.75 Å². The highest BCUT2D eigenvalue weighted by Gasteiger charge is 2.35. The number of hydrogen-bond acceptors (Lipinski definition) is 4. The van der Waals surface area contributed by atoms with Gasteiger partial charge in [0.05, 0.1) is 7.11 Å². The van der Waals surface area contributed by atoms with Gasteiger partial charge in [-0.2, -0.15) is 0 Å². The second kappa shape index (κ2) is 9.43. The zero-order valence-corrected chi connectivity index (χ0v) is 17.7. The molecule has 0 atom stereocenters. The number of guanidine groups is 1. The normalized spacial score (nSPS) is 20.1. The quantitative estimate of drug-likeness (QED) is 0.622. The van der Waals surface area contributed by atoms with Gasteiger partial charge in [-0.25, -0.2) is 0 Å². The zero-order chi connectivity index (χ0) is 20.0. The summed E-state index contributed by atoms with van der Waals surface area (Å²) in [5.74, 6) is 1.89. The summed E-state index contributed by atoms with van der Waals surface area (Å²) < 4.78 is 10.9. The molecule has 0 saturated carbocycles. The van der Waals surface area contributed by atoms with Gasteiger partial charge in [-0.3, -0.25) is 4.99 Å². The van der Waals surface area contributed by atoms with Crippen LogP contribution in [0.5, 0.6) is 5.75 Å². The maximum absolute atomic E-state index is 5.58. The molecular weight excluding hydrogens is 352 g/mol. The van der Waals surface area contributed by atoms with Crippen LogP contribution in [0.15, 0.2) is 35.3 Å². The first kappa shape index (κ1) is 20.7. The highest BCUT2D eigenvalue weighted by Crippen LogP contribution is 2.27. The van der Waals surface area contributed by atoms with Crippen LogP contribution in [0.4, 0.5) is 0 Å². The van der Waals surface area contributed by atoms with E-state index >= 15 is 0 Å². The van der Waals surface area contributed by atoms with E-state index in [0.717, 1.165) is 63.8 Å². The number of hydrogen-bond donors (Lipinski definition) is 1. The first-order valence-electron chi connectivity index (χ1n) is 10.1. The van der Waals surface area contributed by atoms with Crippen LogP contribution < -0.4 is 10.1 Å². The van der Waals surface area contributed by atoms with Gasteiger partial charge in [0.2, 0.25) is 0 Å². The molecule has 2 aliphatic rings. The molecule has 154 valence electrons. The standard InChI is InChI=1S/C22H34N4O2/c1-23-21(24-17-22(25(2)3)10-14-28-15-11-22)26-12-8-18(9-13-26)19-6-5-7-20(16-19)27-4/h5-8,16H,9-15,17H2,1-4H3,(H,23,24).